The maximum atomic E-state index is 12.5. The second-order valence-corrected chi connectivity index (χ2v) is 5.43. The number of nitro benzene ring substituents is 2. The summed E-state index contributed by atoms with van der Waals surface area (Å²) in [5.74, 6) is 0.536. The fourth-order valence-electron chi connectivity index (χ4n) is 2.60. The molecular formula is C17H12N2O8. The van der Waals surface area contributed by atoms with E-state index in [2.05, 4.69) is 0 Å². The molecule has 3 rings (SSSR count). The standard InChI is InChI=1S/C17H12N2O8/c1-25-12-6-15(26-2)17-13(20)8-14(27-16(17)7-12)9-3-10(18(21)22)5-11(4-9)19(23)24/h3-8H,1-2H3. The van der Waals surface area contributed by atoms with Gasteiger partial charge < -0.3 is 13.9 Å². The third-order valence-electron chi connectivity index (χ3n) is 3.83. The molecular weight excluding hydrogens is 360 g/mol. The van der Waals surface area contributed by atoms with Gasteiger partial charge >= 0.3 is 0 Å². The van der Waals surface area contributed by atoms with E-state index in [4.69, 9.17) is 13.9 Å². The zero-order valence-corrected chi connectivity index (χ0v) is 14.1. The highest BCUT2D eigenvalue weighted by Gasteiger charge is 2.20. The Morgan fingerprint density at radius 2 is 1.52 bits per heavy atom. The minimum Gasteiger partial charge on any atom is -0.496 e. The fraction of sp³-hybridized carbons (Fsp3) is 0.118. The Balaban J connectivity index is 2.31. The van der Waals surface area contributed by atoms with Crippen LogP contribution in [0.5, 0.6) is 11.5 Å². The van der Waals surface area contributed by atoms with Crippen LogP contribution in [0.3, 0.4) is 0 Å². The van der Waals surface area contributed by atoms with Gasteiger partial charge in [-0.1, -0.05) is 0 Å². The van der Waals surface area contributed by atoms with Crippen molar-refractivity contribution in [3.8, 4) is 22.8 Å². The predicted molar refractivity (Wildman–Crippen MR) is 94.3 cm³/mol. The number of fused-ring (bicyclic) bond motifs is 1. The van der Waals surface area contributed by atoms with Crippen LogP contribution in [0.1, 0.15) is 0 Å². The molecule has 0 unspecified atom stereocenters. The van der Waals surface area contributed by atoms with E-state index >= 15 is 0 Å². The number of benzene rings is 2. The summed E-state index contributed by atoms with van der Waals surface area (Å²) in [6.07, 6.45) is 0. The molecule has 10 nitrogen and oxygen atoms in total. The molecule has 0 radical (unpaired) electrons. The molecule has 0 aliphatic carbocycles. The average Bonchev–Trinajstić information content (AvgIpc) is 2.66. The quantitative estimate of drug-likeness (QED) is 0.492. The van der Waals surface area contributed by atoms with Gasteiger partial charge in [-0.25, -0.2) is 0 Å². The van der Waals surface area contributed by atoms with Gasteiger partial charge in [0.2, 0.25) is 0 Å². The molecule has 0 amide bonds. The summed E-state index contributed by atoms with van der Waals surface area (Å²) >= 11 is 0. The van der Waals surface area contributed by atoms with Gasteiger partial charge in [0.1, 0.15) is 28.2 Å². The molecule has 0 saturated carbocycles. The first-order valence-electron chi connectivity index (χ1n) is 7.48. The molecule has 0 atom stereocenters. The highest BCUT2D eigenvalue weighted by atomic mass is 16.6. The molecule has 0 fully saturated rings. The van der Waals surface area contributed by atoms with Gasteiger partial charge in [0.15, 0.2) is 5.43 Å². The van der Waals surface area contributed by atoms with Crippen LogP contribution in [0.25, 0.3) is 22.3 Å². The van der Waals surface area contributed by atoms with Crippen molar-refractivity contribution in [1.29, 1.82) is 0 Å². The third-order valence-corrected chi connectivity index (χ3v) is 3.83. The first-order valence-corrected chi connectivity index (χ1v) is 7.48. The monoisotopic (exact) mass is 372 g/mol. The summed E-state index contributed by atoms with van der Waals surface area (Å²) in [7, 11) is 2.80. The summed E-state index contributed by atoms with van der Waals surface area (Å²) in [6.45, 7) is 0. The first kappa shape index (κ1) is 17.9. The summed E-state index contributed by atoms with van der Waals surface area (Å²) in [5.41, 5.74) is -1.32. The molecule has 27 heavy (non-hydrogen) atoms. The molecule has 0 N–H and O–H groups in total. The highest BCUT2D eigenvalue weighted by molar-refractivity contribution is 5.86. The molecule has 0 spiro atoms. The van der Waals surface area contributed by atoms with Crippen molar-refractivity contribution < 1.29 is 23.7 Å². The molecule has 0 aliphatic heterocycles. The van der Waals surface area contributed by atoms with Crippen LogP contribution in [0.2, 0.25) is 0 Å². The zero-order chi connectivity index (χ0) is 19.7. The lowest BCUT2D eigenvalue weighted by molar-refractivity contribution is -0.394. The smallest absolute Gasteiger partial charge is 0.277 e. The van der Waals surface area contributed by atoms with Gasteiger partial charge in [0.05, 0.1) is 30.1 Å². The SMILES string of the molecule is COc1cc(OC)c2c(=O)cc(-c3cc([N+](=O)[O-])cc([N+](=O)[O-])c3)oc2c1. The number of ether oxygens (including phenoxy) is 2. The normalized spacial score (nSPS) is 10.6. The lowest BCUT2D eigenvalue weighted by atomic mass is 10.1. The summed E-state index contributed by atoms with van der Waals surface area (Å²) < 4.78 is 16.0. The second kappa shape index (κ2) is 6.75. The van der Waals surface area contributed by atoms with E-state index < -0.39 is 26.7 Å². The first-order chi connectivity index (χ1) is 12.8. The number of nitro groups is 2. The van der Waals surface area contributed by atoms with Gasteiger partial charge in [-0.05, 0) is 0 Å². The Morgan fingerprint density at radius 3 is 2.04 bits per heavy atom. The molecule has 1 aromatic heterocycles. The Morgan fingerprint density at radius 1 is 0.889 bits per heavy atom. The highest BCUT2D eigenvalue weighted by Crippen LogP contribution is 2.34. The van der Waals surface area contributed by atoms with Crippen LogP contribution in [0, 0.1) is 20.2 Å². The van der Waals surface area contributed by atoms with Crippen molar-refractivity contribution in [2.45, 2.75) is 0 Å². The van der Waals surface area contributed by atoms with E-state index in [1.165, 1.54) is 26.4 Å². The number of nitrogens with zero attached hydrogens (tertiary/aromatic N) is 2. The Hall–Kier alpha value is -3.95. The van der Waals surface area contributed by atoms with E-state index in [1.54, 1.807) is 0 Å². The van der Waals surface area contributed by atoms with Gasteiger partial charge in [-0.3, -0.25) is 25.0 Å². The van der Waals surface area contributed by atoms with E-state index in [1.807, 2.05) is 0 Å². The Labute approximate surface area is 150 Å². The number of non-ortho nitro benzene ring substituents is 2. The van der Waals surface area contributed by atoms with Crippen molar-refractivity contribution >= 4 is 22.3 Å². The fourth-order valence-corrected chi connectivity index (χ4v) is 2.60. The largest absolute Gasteiger partial charge is 0.496 e. The second-order valence-electron chi connectivity index (χ2n) is 5.43. The number of methoxy groups -OCH3 is 2. The molecule has 3 aromatic rings. The van der Waals surface area contributed by atoms with Crippen molar-refractivity contribution in [3.05, 3.63) is 66.9 Å². The molecule has 1 heterocycles. The Kier molecular flexibility index (Phi) is 4.46. The lowest BCUT2D eigenvalue weighted by Gasteiger charge is -2.09. The van der Waals surface area contributed by atoms with Crippen molar-refractivity contribution in [1.82, 2.24) is 0 Å². The lowest BCUT2D eigenvalue weighted by Crippen LogP contribution is -2.03. The van der Waals surface area contributed by atoms with E-state index in [-0.39, 0.29) is 28.0 Å². The van der Waals surface area contributed by atoms with Crippen LogP contribution >= 0.6 is 0 Å². The predicted octanol–water partition coefficient (Wildman–Crippen LogP) is 3.29. The molecule has 138 valence electrons. The number of hydrogen-bond donors (Lipinski definition) is 0. The number of rotatable bonds is 5. The number of hydrogen-bond acceptors (Lipinski definition) is 8. The van der Waals surface area contributed by atoms with Crippen LogP contribution in [-0.2, 0) is 0 Å². The van der Waals surface area contributed by atoms with E-state index in [9.17, 15) is 25.0 Å². The maximum absolute atomic E-state index is 12.5. The van der Waals surface area contributed by atoms with Crippen molar-refractivity contribution in [2.24, 2.45) is 0 Å². The van der Waals surface area contributed by atoms with Gasteiger partial charge in [0.25, 0.3) is 11.4 Å². The minimum atomic E-state index is -0.762. The van der Waals surface area contributed by atoms with Crippen molar-refractivity contribution in [2.75, 3.05) is 14.2 Å². The van der Waals surface area contributed by atoms with Crippen LogP contribution in [0.4, 0.5) is 11.4 Å². The van der Waals surface area contributed by atoms with Crippen LogP contribution in [-0.4, -0.2) is 24.1 Å². The Bertz CT molecular complexity index is 1100. The summed E-state index contributed by atoms with van der Waals surface area (Å²) in [6, 6.07) is 7.07. The molecule has 2 aromatic carbocycles. The topological polar surface area (TPSA) is 135 Å². The maximum Gasteiger partial charge on any atom is 0.277 e. The van der Waals surface area contributed by atoms with Crippen molar-refractivity contribution in [3.63, 3.8) is 0 Å². The van der Waals surface area contributed by atoms with Crippen LogP contribution < -0.4 is 14.9 Å². The molecule has 0 bridgehead atoms. The van der Waals surface area contributed by atoms with E-state index in [0.29, 0.717) is 5.75 Å². The van der Waals surface area contributed by atoms with Gasteiger partial charge in [-0.2, -0.15) is 0 Å². The van der Waals surface area contributed by atoms with E-state index in [0.717, 1.165) is 24.3 Å². The third kappa shape index (κ3) is 3.27. The van der Waals surface area contributed by atoms with Gasteiger partial charge in [-0.15, -0.1) is 0 Å². The summed E-state index contributed by atoms with van der Waals surface area (Å²) in [4.78, 5) is 33.1. The molecule has 0 aliphatic rings. The van der Waals surface area contributed by atoms with Crippen LogP contribution in [0.15, 0.2) is 45.6 Å². The van der Waals surface area contributed by atoms with Gasteiger partial charge in [0, 0.05) is 35.9 Å². The zero-order valence-electron chi connectivity index (χ0n) is 14.1. The average molecular weight is 372 g/mol. The molecule has 10 heteroatoms. The minimum absolute atomic E-state index is 0.0247. The molecule has 0 saturated heterocycles. The summed E-state index contributed by atoms with van der Waals surface area (Å²) in [5, 5.41) is 22.3.